The maximum Gasteiger partial charge on any atom is 0.259 e. The number of nitrogens with zero attached hydrogens (tertiary/aromatic N) is 1. The molecule has 0 fully saturated rings. The molecule has 0 saturated carbocycles. The average Bonchev–Trinajstić information content (AvgIpc) is 3.45. The number of halogens is 1. The van der Waals surface area contributed by atoms with E-state index in [0.717, 1.165) is 10.9 Å². The van der Waals surface area contributed by atoms with Gasteiger partial charge in [-0.05, 0) is 31.2 Å². The molecular weight excluding hydrogens is 425 g/mol. The van der Waals surface area contributed by atoms with E-state index in [4.69, 9.17) is 4.74 Å². The summed E-state index contributed by atoms with van der Waals surface area (Å²) in [5.74, 6) is -1.51. The molecule has 8 heteroatoms. The number of imide groups is 1. The molecule has 5 rings (SSSR count). The summed E-state index contributed by atoms with van der Waals surface area (Å²) < 4.78 is 21.3. The van der Waals surface area contributed by atoms with Crippen LogP contribution in [0, 0.1) is 5.82 Å². The van der Waals surface area contributed by atoms with E-state index in [-0.39, 0.29) is 24.3 Å². The van der Waals surface area contributed by atoms with Crippen LogP contribution in [0.3, 0.4) is 0 Å². The van der Waals surface area contributed by atoms with Gasteiger partial charge in [0.25, 0.3) is 11.8 Å². The predicted molar refractivity (Wildman–Crippen MR) is 123 cm³/mol. The van der Waals surface area contributed by atoms with Gasteiger partial charge >= 0.3 is 0 Å². The summed E-state index contributed by atoms with van der Waals surface area (Å²) in [4.78, 5) is 29.0. The van der Waals surface area contributed by atoms with Gasteiger partial charge in [0.05, 0.1) is 30.4 Å². The van der Waals surface area contributed by atoms with Crippen LogP contribution >= 0.6 is 0 Å². The third-order valence-electron chi connectivity index (χ3n) is 5.82. The number of amides is 2. The summed E-state index contributed by atoms with van der Waals surface area (Å²) in [5, 5.41) is 14.0. The molecule has 0 saturated heterocycles. The van der Waals surface area contributed by atoms with Crippen LogP contribution in [-0.4, -0.2) is 45.8 Å². The molecule has 1 unspecified atom stereocenters. The molecular formula is C25H22FN3O4. The van der Waals surface area contributed by atoms with E-state index < -0.39 is 23.7 Å². The first-order valence-electron chi connectivity index (χ1n) is 10.7. The van der Waals surface area contributed by atoms with Gasteiger partial charge < -0.3 is 19.4 Å². The van der Waals surface area contributed by atoms with Crippen LogP contribution in [0.1, 0.15) is 18.1 Å². The first-order chi connectivity index (χ1) is 16.0. The summed E-state index contributed by atoms with van der Waals surface area (Å²) >= 11 is 0. The van der Waals surface area contributed by atoms with Gasteiger partial charge in [-0.3, -0.25) is 14.9 Å². The van der Waals surface area contributed by atoms with Gasteiger partial charge in [0, 0.05) is 51.9 Å². The predicted octanol–water partition coefficient (Wildman–Crippen LogP) is 3.23. The molecule has 2 aromatic carbocycles. The van der Waals surface area contributed by atoms with Crippen LogP contribution in [-0.2, 0) is 20.9 Å². The first kappa shape index (κ1) is 21.1. The number of nitrogens with one attached hydrogen (secondary N) is 2. The first-order valence-corrected chi connectivity index (χ1v) is 10.7. The standard InChI is InChI=1S/C25H22FN3O4/c1-2-33-13-15(30)11-29-12-19(17-9-14(26)7-8-21(17)29)23-22(24(31)28-25(23)32)18-10-27-20-6-4-3-5-16(18)20/h3-10,12,15,27,30H,2,11,13H2,1H3,(H,28,31,32). The Labute approximate surface area is 188 Å². The van der Waals surface area contributed by atoms with Crippen molar-refractivity contribution in [2.75, 3.05) is 13.2 Å². The van der Waals surface area contributed by atoms with Gasteiger partial charge in [-0.1, -0.05) is 18.2 Å². The zero-order valence-corrected chi connectivity index (χ0v) is 17.9. The Morgan fingerprint density at radius 3 is 2.61 bits per heavy atom. The van der Waals surface area contributed by atoms with Crippen molar-refractivity contribution in [1.29, 1.82) is 0 Å². The maximum absolute atomic E-state index is 14.2. The molecule has 1 aliphatic rings. The number of benzene rings is 2. The number of aliphatic hydroxyl groups is 1. The van der Waals surface area contributed by atoms with Crippen LogP contribution in [0.25, 0.3) is 33.0 Å². The largest absolute Gasteiger partial charge is 0.389 e. The molecule has 7 nitrogen and oxygen atoms in total. The summed E-state index contributed by atoms with van der Waals surface area (Å²) in [5.41, 5.74) is 2.90. The fourth-order valence-electron chi connectivity index (χ4n) is 4.40. The quantitative estimate of drug-likeness (QED) is 0.379. The second-order valence-electron chi connectivity index (χ2n) is 7.95. The van der Waals surface area contributed by atoms with Crippen LogP contribution in [0.15, 0.2) is 54.9 Å². The van der Waals surface area contributed by atoms with Crippen molar-refractivity contribution in [3.05, 3.63) is 71.8 Å². The lowest BCUT2D eigenvalue weighted by Gasteiger charge is -2.12. The Morgan fingerprint density at radius 1 is 1.06 bits per heavy atom. The van der Waals surface area contributed by atoms with Crippen LogP contribution in [0.4, 0.5) is 4.39 Å². The van der Waals surface area contributed by atoms with Gasteiger partial charge in [-0.25, -0.2) is 4.39 Å². The average molecular weight is 447 g/mol. The van der Waals surface area contributed by atoms with E-state index in [2.05, 4.69) is 10.3 Å². The van der Waals surface area contributed by atoms with E-state index >= 15 is 0 Å². The third-order valence-corrected chi connectivity index (χ3v) is 5.82. The minimum atomic E-state index is -0.792. The van der Waals surface area contributed by atoms with Crippen LogP contribution in [0.2, 0.25) is 0 Å². The maximum atomic E-state index is 14.2. The van der Waals surface area contributed by atoms with Gasteiger partial charge in [-0.15, -0.1) is 0 Å². The van der Waals surface area contributed by atoms with E-state index in [1.165, 1.54) is 12.1 Å². The Morgan fingerprint density at radius 2 is 1.82 bits per heavy atom. The van der Waals surface area contributed by atoms with Crippen LogP contribution in [0.5, 0.6) is 0 Å². The number of hydrogen-bond acceptors (Lipinski definition) is 4. The number of carbonyl (C=O) groups excluding carboxylic acids is 2. The molecule has 2 aromatic heterocycles. The Bertz CT molecular complexity index is 1430. The zero-order chi connectivity index (χ0) is 23.1. The lowest BCUT2D eigenvalue weighted by molar-refractivity contribution is -0.122. The number of ether oxygens (including phenoxy) is 1. The Hall–Kier alpha value is -3.75. The molecule has 3 heterocycles. The van der Waals surface area contributed by atoms with Gasteiger partial charge in [0.15, 0.2) is 0 Å². The van der Waals surface area contributed by atoms with E-state index in [1.54, 1.807) is 23.0 Å². The number of carbonyl (C=O) groups is 2. The highest BCUT2D eigenvalue weighted by atomic mass is 19.1. The number of hydrogen-bond donors (Lipinski definition) is 3. The van der Waals surface area contributed by atoms with Crippen molar-refractivity contribution < 1.29 is 23.8 Å². The van der Waals surface area contributed by atoms with Crippen LogP contribution < -0.4 is 5.32 Å². The summed E-state index contributed by atoms with van der Waals surface area (Å²) in [6.45, 7) is 2.65. The molecule has 0 radical (unpaired) electrons. The molecule has 0 spiro atoms. The number of para-hydroxylation sites is 1. The zero-order valence-electron chi connectivity index (χ0n) is 17.9. The number of H-pyrrole nitrogens is 1. The number of fused-ring (bicyclic) bond motifs is 2. The highest BCUT2D eigenvalue weighted by Gasteiger charge is 2.35. The lowest BCUT2D eigenvalue weighted by atomic mass is 9.95. The monoisotopic (exact) mass is 447 g/mol. The number of rotatable bonds is 7. The molecule has 1 atom stereocenters. The summed E-state index contributed by atoms with van der Waals surface area (Å²) in [7, 11) is 0. The van der Waals surface area contributed by atoms with Crippen molar-refractivity contribution in [1.82, 2.24) is 14.9 Å². The Balaban J connectivity index is 1.72. The fourth-order valence-corrected chi connectivity index (χ4v) is 4.40. The highest BCUT2D eigenvalue weighted by molar-refractivity contribution is 6.50. The fraction of sp³-hybridized carbons (Fsp3) is 0.200. The minimum absolute atomic E-state index is 0.148. The summed E-state index contributed by atoms with van der Waals surface area (Å²) in [6.07, 6.45) is 2.59. The molecule has 0 bridgehead atoms. The van der Waals surface area contributed by atoms with Gasteiger partial charge in [0.1, 0.15) is 5.82 Å². The van der Waals surface area contributed by atoms with Gasteiger partial charge in [-0.2, -0.15) is 0 Å². The second kappa shape index (κ2) is 8.31. The number of aliphatic hydroxyl groups excluding tert-OH is 1. The molecule has 1 aliphatic heterocycles. The Kier molecular flexibility index (Phi) is 5.32. The summed E-state index contributed by atoms with van der Waals surface area (Å²) in [6, 6.07) is 11.8. The van der Waals surface area contributed by atoms with E-state index in [1.807, 2.05) is 31.2 Å². The molecule has 4 aromatic rings. The van der Waals surface area contributed by atoms with Crippen molar-refractivity contribution in [3.63, 3.8) is 0 Å². The smallest absolute Gasteiger partial charge is 0.259 e. The van der Waals surface area contributed by atoms with Crippen molar-refractivity contribution in [3.8, 4) is 0 Å². The number of aromatic nitrogens is 2. The second-order valence-corrected chi connectivity index (χ2v) is 7.95. The third kappa shape index (κ3) is 3.63. The molecule has 33 heavy (non-hydrogen) atoms. The normalized spacial score (nSPS) is 15.1. The highest BCUT2D eigenvalue weighted by Crippen LogP contribution is 2.38. The van der Waals surface area contributed by atoms with Crippen molar-refractivity contribution >= 4 is 44.8 Å². The molecule has 0 aliphatic carbocycles. The van der Waals surface area contributed by atoms with E-state index in [0.29, 0.717) is 28.6 Å². The minimum Gasteiger partial charge on any atom is -0.389 e. The van der Waals surface area contributed by atoms with E-state index in [9.17, 15) is 19.1 Å². The SMILES string of the molecule is CCOCC(O)Cn1cc(C2=C(c3c[nH]c4ccccc34)C(=O)NC2=O)c2cc(F)ccc21. The van der Waals surface area contributed by atoms with Crippen molar-refractivity contribution in [2.24, 2.45) is 0 Å². The molecule has 3 N–H and O–H groups in total. The topological polar surface area (TPSA) is 96.3 Å². The molecule has 168 valence electrons. The van der Waals surface area contributed by atoms with Crippen molar-refractivity contribution in [2.45, 2.75) is 19.6 Å². The lowest BCUT2D eigenvalue weighted by Crippen LogP contribution is -2.22. The molecule has 2 amide bonds. The number of aromatic amines is 1. The van der Waals surface area contributed by atoms with Gasteiger partial charge in [0.2, 0.25) is 0 Å².